The number of aliphatic carboxylic acids is 1. The number of carboxylic acid groups (broad SMARTS) is 1. The van der Waals surface area contributed by atoms with Gasteiger partial charge in [0.25, 0.3) is 10.0 Å². The molecule has 216 valence electrons. The van der Waals surface area contributed by atoms with Gasteiger partial charge in [-0.15, -0.1) is 11.3 Å². The first-order valence-electron chi connectivity index (χ1n) is 11.9. The van der Waals surface area contributed by atoms with E-state index in [4.69, 9.17) is 21.5 Å². The van der Waals surface area contributed by atoms with Crippen LogP contribution in [-0.2, 0) is 21.4 Å². The Morgan fingerprint density at radius 1 is 1.27 bits per heavy atom. The summed E-state index contributed by atoms with van der Waals surface area (Å²) in [6, 6.07) is 12.9. The molecule has 2 aromatic carbocycles. The highest BCUT2D eigenvalue weighted by molar-refractivity contribution is 7.92. The Labute approximate surface area is 237 Å². The number of anilines is 2. The zero-order valence-electron chi connectivity index (χ0n) is 21.0. The molecule has 1 aliphatic carbocycles. The van der Waals surface area contributed by atoms with Crippen LogP contribution in [0.2, 0.25) is 5.02 Å². The topological polar surface area (TPSA) is 103 Å². The fourth-order valence-electron chi connectivity index (χ4n) is 4.82. The molecule has 2 N–H and O–H groups in total. The highest BCUT2D eigenvalue weighted by Crippen LogP contribution is 2.55. The number of carboxylic acids is 1. The molecule has 5 rings (SSSR count). The molecule has 0 bridgehead atoms. The zero-order chi connectivity index (χ0) is 29.3. The minimum absolute atomic E-state index is 0.150. The predicted molar refractivity (Wildman–Crippen MR) is 144 cm³/mol. The molecule has 40 heavy (non-hydrogen) atoms. The van der Waals surface area contributed by atoms with Crippen LogP contribution in [0.5, 0.6) is 0 Å². The van der Waals surface area contributed by atoms with Gasteiger partial charge in [-0.05, 0) is 24.5 Å². The van der Waals surface area contributed by atoms with E-state index in [2.05, 4.69) is 26.7 Å². The number of likely N-dealkylation sites (N-methyl/N-ethyl adjacent to an activating group) is 1. The van der Waals surface area contributed by atoms with Gasteiger partial charge in [-0.2, -0.15) is 13.2 Å². The van der Waals surface area contributed by atoms with Crippen LogP contribution in [0.25, 0.3) is 0 Å². The molecule has 1 aromatic heterocycles. The first-order valence-corrected chi connectivity index (χ1v) is 14.7. The van der Waals surface area contributed by atoms with Crippen molar-refractivity contribution in [3.8, 4) is 0 Å². The first kappa shape index (κ1) is 30.0. The van der Waals surface area contributed by atoms with Crippen molar-refractivity contribution in [2.24, 2.45) is 5.41 Å². The van der Waals surface area contributed by atoms with Crippen molar-refractivity contribution < 1.29 is 35.9 Å². The normalized spacial score (nSPS) is 18.2. The third kappa shape index (κ3) is 6.85. The largest absolute Gasteiger partial charge is 0.490 e. The number of sulfonamides is 1. The van der Waals surface area contributed by atoms with Crippen LogP contribution in [0.4, 0.5) is 29.1 Å². The molecule has 2 aliphatic rings. The third-order valence-electron chi connectivity index (χ3n) is 6.87. The average Bonchev–Trinajstić information content (AvgIpc) is 3.29. The smallest absolute Gasteiger partial charge is 0.475 e. The van der Waals surface area contributed by atoms with Gasteiger partial charge in [0, 0.05) is 49.6 Å². The molecule has 1 saturated carbocycles. The highest BCUT2D eigenvalue weighted by atomic mass is 35.5. The number of halogens is 5. The summed E-state index contributed by atoms with van der Waals surface area (Å²) in [6.07, 6.45) is -2.84. The van der Waals surface area contributed by atoms with E-state index in [1.807, 2.05) is 30.1 Å². The number of hydrogen-bond acceptors (Lipinski definition) is 7. The van der Waals surface area contributed by atoms with E-state index in [1.54, 1.807) is 0 Å². The summed E-state index contributed by atoms with van der Waals surface area (Å²) in [7, 11) is -2.23. The lowest BCUT2D eigenvalue weighted by Gasteiger charge is -2.32. The molecule has 3 aromatic rings. The molecular weight excluding hydrogens is 596 g/mol. The molecule has 15 heteroatoms. The molecule has 8 nitrogen and oxygen atoms in total. The van der Waals surface area contributed by atoms with Crippen LogP contribution in [0.3, 0.4) is 0 Å². The number of alkyl halides is 3. The van der Waals surface area contributed by atoms with E-state index in [0.717, 1.165) is 32.5 Å². The second kappa shape index (κ2) is 11.5. The molecule has 0 amide bonds. The van der Waals surface area contributed by atoms with Gasteiger partial charge in [-0.3, -0.25) is 9.62 Å². The molecule has 1 unspecified atom stereocenters. The van der Waals surface area contributed by atoms with Gasteiger partial charge in [-0.1, -0.05) is 41.9 Å². The van der Waals surface area contributed by atoms with Gasteiger partial charge in [0.05, 0.1) is 16.2 Å². The minimum atomic E-state index is -5.08. The summed E-state index contributed by atoms with van der Waals surface area (Å²) >= 11 is 7.76. The highest BCUT2D eigenvalue weighted by Gasteiger charge is 2.56. The summed E-state index contributed by atoms with van der Waals surface area (Å²) in [6.45, 7) is 2.70. The van der Waals surface area contributed by atoms with Gasteiger partial charge in [0.1, 0.15) is 10.7 Å². The van der Waals surface area contributed by atoms with Gasteiger partial charge >= 0.3 is 12.1 Å². The molecule has 1 aliphatic heterocycles. The van der Waals surface area contributed by atoms with Crippen molar-refractivity contribution in [2.75, 3.05) is 29.8 Å². The number of benzene rings is 2. The summed E-state index contributed by atoms with van der Waals surface area (Å²) in [4.78, 5) is 16.8. The Morgan fingerprint density at radius 2 is 1.93 bits per heavy atom. The van der Waals surface area contributed by atoms with Crippen molar-refractivity contribution in [2.45, 2.75) is 36.5 Å². The molecule has 0 radical (unpaired) electrons. The molecule has 2 heterocycles. The Bertz CT molecular complexity index is 1450. The summed E-state index contributed by atoms with van der Waals surface area (Å²) < 4.78 is 74.4. The number of hydrogen-bond donors (Lipinski definition) is 2. The molecular formula is C25H25ClF4N4O4S2. The number of likely N-dealkylation sites (tertiary alicyclic amines) is 1. The summed E-state index contributed by atoms with van der Waals surface area (Å²) in [5.41, 5.74) is 3.43. The lowest BCUT2D eigenvalue weighted by Crippen LogP contribution is -2.39. The summed E-state index contributed by atoms with van der Waals surface area (Å²) in [5.74, 6) is -3.45. The van der Waals surface area contributed by atoms with E-state index in [0.29, 0.717) is 5.69 Å². The van der Waals surface area contributed by atoms with Crippen LogP contribution in [0, 0.1) is 11.2 Å². The Balaban J connectivity index is 0.000000470. The molecule has 1 atom stereocenters. The van der Waals surface area contributed by atoms with Crippen LogP contribution < -0.4 is 9.62 Å². The molecule has 2 fully saturated rings. The van der Waals surface area contributed by atoms with Crippen LogP contribution in [0.15, 0.2) is 58.3 Å². The maximum absolute atomic E-state index is 15.0. The number of rotatable bonds is 7. The number of thiazole rings is 1. The number of nitrogens with zero attached hydrogens (tertiary/aromatic N) is 3. The van der Waals surface area contributed by atoms with Crippen LogP contribution in [-0.4, -0.2) is 61.7 Å². The maximum Gasteiger partial charge on any atom is 0.490 e. The number of nitrogens with one attached hydrogen (secondary N) is 1. The van der Waals surface area contributed by atoms with Gasteiger partial charge in [0.15, 0.2) is 5.82 Å². The summed E-state index contributed by atoms with van der Waals surface area (Å²) in [5, 5.41) is 8.87. The lowest BCUT2D eigenvalue weighted by atomic mass is 9.99. The van der Waals surface area contributed by atoms with Crippen molar-refractivity contribution in [1.29, 1.82) is 0 Å². The number of carbonyl (C=O) groups is 1. The lowest BCUT2D eigenvalue weighted by molar-refractivity contribution is -0.192. The van der Waals surface area contributed by atoms with Crippen molar-refractivity contribution >= 4 is 50.4 Å². The Hall–Kier alpha value is -2.94. The average molecular weight is 621 g/mol. The second-order valence-electron chi connectivity index (χ2n) is 9.66. The fraction of sp³-hybridized carbons (Fsp3) is 0.360. The van der Waals surface area contributed by atoms with E-state index in [1.165, 1.54) is 39.9 Å². The standard InChI is InChI=1S/C23H24ClFN4O2S2.C2HF3O2/c1-28(21-12-29(14-23(21)7-8-23)11-16-5-3-2-4-6-16)19-10-18(25)20(9-17(19)24)33(30,31)27-22-13-32-15-26-22;3-2(4,5)1(6)7/h2-6,9-10,13,15,21,27H,7-8,11-12,14H2,1H3;(H,6,7). The van der Waals surface area contributed by atoms with Crippen LogP contribution in [0.1, 0.15) is 18.4 Å². The quantitative estimate of drug-likeness (QED) is 0.338. The Kier molecular flexibility index (Phi) is 8.64. The first-order chi connectivity index (χ1) is 18.7. The zero-order valence-corrected chi connectivity index (χ0v) is 23.4. The van der Waals surface area contributed by atoms with Gasteiger partial charge in [0.2, 0.25) is 0 Å². The molecule has 1 saturated heterocycles. The monoisotopic (exact) mass is 620 g/mol. The molecule has 1 spiro atoms. The van der Waals surface area contributed by atoms with Gasteiger partial charge < -0.3 is 10.0 Å². The number of aromatic nitrogens is 1. The SMILES string of the molecule is CN(c1cc(F)c(S(=O)(=O)Nc2cscn2)cc1Cl)C1CN(Cc2ccccc2)CC12CC2.O=C(O)C(F)(F)F. The Morgan fingerprint density at radius 3 is 2.48 bits per heavy atom. The van der Waals surface area contributed by atoms with E-state index in [-0.39, 0.29) is 22.3 Å². The van der Waals surface area contributed by atoms with E-state index in [9.17, 15) is 21.6 Å². The predicted octanol–water partition coefficient (Wildman–Crippen LogP) is 5.47. The van der Waals surface area contributed by atoms with Crippen molar-refractivity contribution in [3.63, 3.8) is 0 Å². The second-order valence-corrected chi connectivity index (χ2v) is 12.4. The minimum Gasteiger partial charge on any atom is -0.475 e. The van der Waals surface area contributed by atoms with Crippen molar-refractivity contribution in [1.82, 2.24) is 9.88 Å². The third-order valence-corrected chi connectivity index (χ3v) is 9.13. The van der Waals surface area contributed by atoms with E-state index >= 15 is 4.39 Å². The van der Waals surface area contributed by atoms with E-state index < -0.39 is 32.9 Å². The van der Waals surface area contributed by atoms with Crippen molar-refractivity contribution in [3.05, 3.63) is 69.8 Å². The van der Waals surface area contributed by atoms with Gasteiger partial charge in [-0.25, -0.2) is 22.6 Å². The fourth-order valence-corrected chi connectivity index (χ4v) is 6.82. The maximum atomic E-state index is 15.0. The van der Waals surface area contributed by atoms with Crippen LogP contribution >= 0.6 is 22.9 Å².